The minimum atomic E-state index is 0.351. The molecule has 0 rings (SSSR count). The molecule has 0 aliphatic rings. The molecule has 0 amide bonds. The van der Waals surface area contributed by atoms with Gasteiger partial charge in [-0.2, -0.15) is 0 Å². The lowest BCUT2D eigenvalue weighted by Gasteiger charge is -2.22. The second-order valence-corrected chi connectivity index (χ2v) is 8.22. The Bertz CT molecular complexity index is 252. The zero-order valence-electron chi connectivity index (χ0n) is 15.1. The van der Waals surface area contributed by atoms with Crippen LogP contribution < -0.4 is 0 Å². The first-order valence-corrected chi connectivity index (χ1v) is 9.85. The van der Waals surface area contributed by atoms with E-state index in [1.165, 1.54) is 51.4 Å². The van der Waals surface area contributed by atoms with E-state index in [9.17, 15) is 0 Å². The lowest BCUT2D eigenvalue weighted by molar-refractivity contribution is 0.119. The zero-order chi connectivity index (χ0) is 16.8. The van der Waals surface area contributed by atoms with E-state index in [1.54, 1.807) is 0 Å². The average Bonchev–Trinajstić information content (AvgIpc) is 2.42. The van der Waals surface area contributed by atoms with Crippen LogP contribution in [0.4, 0.5) is 0 Å². The second kappa shape index (κ2) is 14.8. The van der Waals surface area contributed by atoms with E-state index < -0.39 is 0 Å². The van der Waals surface area contributed by atoms with Crippen LogP contribution >= 0.6 is 24.8 Å². The summed E-state index contributed by atoms with van der Waals surface area (Å²) in [6, 6.07) is 0. The predicted molar refractivity (Wildman–Crippen MR) is 106 cm³/mol. The smallest absolute Gasteiger partial charge is 0.218 e. The molecule has 0 bridgehead atoms. The van der Waals surface area contributed by atoms with Crippen molar-refractivity contribution in [3.05, 3.63) is 0 Å². The lowest BCUT2D eigenvalue weighted by atomic mass is 10.0. The van der Waals surface area contributed by atoms with Gasteiger partial charge in [-0.25, -0.2) is 0 Å². The molecule has 22 heavy (non-hydrogen) atoms. The fourth-order valence-corrected chi connectivity index (χ4v) is 2.63. The van der Waals surface area contributed by atoms with Crippen molar-refractivity contribution in [2.24, 2.45) is 11.8 Å². The predicted octanol–water partition coefficient (Wildman–Crippen LogP) is 5.91. The van der Waals surface area contributed by atoms with Gasteiger partial charge in [-0.3, -0.25) is 4.90 Å². The fourth-order valence-electron chi connectivity index (χ4n) is 2.52. The van der Waals surface area contributed by atoms with Gasteiger partial charge in [0.25, 0.3) is 0 Å². The van der Waals surface area contributed by atoms with Gasteiger partial charge in [0.15, 0.2) is 0 Å². The van der Waals surface area contributed by atoms with Crippen molar-refractivity contribution in [2.45, 2.75) is 79.1 Å². The van der Waals surface area contributed by atoms with E-state index >= 15 is 0 Å². The van der Waals surface area contributed by atoms with Gasteiger partial charge in [0.2, 0.25) is 4.38 Å². The summed E-state index contributed by atoms with van der Waals surface area (Å²) in [5.74, 6) is 1.64. The van der Waals surface area contributed by atoms with E-state index in [4.69, 9.17) is 17.0 Å². The van der Waals surface area contributed by atoms with Crippen LogP contribution in [0.15, 0.2) is 0 Å². The van der Waals surface area contributed by atoms with E-state index in [-0.39, 0.29) is 0 Å². The number of nitrogens with zero attached hydrogens (tertiary/aromatic N) is 1. The molecule has 4 heteroatoms. The quantitative estimate of drug-likeness (QED) is 0.182. The van der Waals surface area contributed by atoms with Crippen LogP contribution in [0, 0.1) is 11.8 Å². The van der Waals surface area contributed by atoms with Gasteiger partial charge in [-0.15, -0.1) is 0 Å². The zero-order valence-corrected chi connectivity index (χ0v) is 16.9. The summed E-state index contributed by atoms with van der Waals surface area (Å²) in [6.45, 7) is 12.0. The molecule has 0 spiro atoms. The average molecular weight is 348 g/mol. The van der Waals surface area contributed by atoms with Gasteiger partial charge in [-0.05, 0) is 36.9 Å². The number of hydrogen-bond donors (Lipinski definition) is 1. The van der Waals surface area contributed by atoms with Gasteiger partial charge in [0, 0.05) is 13.1 Å². The molecule has 0 aromatic carbocycles. The van der Waals surface area contributed by atoms with E-state index in [0.29, 0.717) is 11.1 Å². The van der Waals surface area contributed by atoms with Crippen molar-refractivity contribution >= 4 is 29.2 Å². The highest BCUT2D eigenvalue weighted by Gasteiger charge is 2.06. The molecule has 2 nitrogen and oxygen atoms in total. The van der Waals surface area contributed by atoms with Crippen LogP contribution in [-0.2, 0) is 4.74 Å². The van der Waals surface area contributed by atoms with Crippen LogP contribution in [0.2, 0.25) is 0 Å². The van der Waals surface area contributed by atoms with Crippen LogP contribution in [-0.4, -0.2) is 29.1 Å². The molecule has 0 aromatic heterocycles. The maximum absolute atomic E-state index is 5.42. The third-order valence-corrected chi connectivity index (χ3v) is 4.13. The van der Waals surface area contributed by atoms with Crippen molar-refractivity contribution in [3.63, 3.8) is 0 Å². The molecule has 0 aromatic rings. The fraction of sp³-hybridized carbons (Fsp3) is 0.944. The van der Waals surface area contributed by atoms with Crippen molar-refractivity contribution in [2.75, 3.05) is 19.8 Å². The Morgan fingerprint density at radius 3 is 1.68 bits per heavy atom. The number of thiocarbonyl (C=S) groups is 1. The molecule has 0 aliphatic heterocycles. The summed E-state index contributed by atoms with van der Waals surface area (Å²) in [4.78, 5) is 2.38. The first-order valence-electron chi connectivity index (χ1n) is 9.00. The molecule has 0 saturated heterocycles. The Balaban J connectivity index is 3.81. The molecule has 0 radical (unpaired) electrons. The monoisotopic (exact) mass is 347 g/mol. The highest BCUT2D eigenvalue weighted by Crippen LogP contribution is 2.11. The largest absolute Gasteiger partial charge is 0.463 e. The van der Waals surface area contributed by atoms with Crippen LogP contribution in [0.3, 0.4) is 0 Å². The highest BCUT2D eigenvalue weighted by atomic mass is 32.1. The number of unbranched alkanes of at least 4 members (excludes halogenated alkanes) is 4. The lowest BCUT2D eigenvalue weighted by Crippen LogP contribution is -2.29. The Morgan fingerprint density at radius 2 is 1.32 bits per heavy atom. The Labute approximate surface area is 149 Å². The van der Waals surface area contributed by atoms with Crippen molar-refractivity contribution in [3.8, 4) is 0 Å². The Morgan fingerprint density at radius 1 is 0.864 bits per heavy atom. The number of rotatable bonds is 14. The first-order chi connectivity index (χ1) is 10.4. The van der Waals surface area contributed by atoms with E-state index in [2.05, 4.69) is 45.2 Å². The van der Waals surface area contributed by atoms with Crippen LogP contribution in [0.25, 0.3) is 0 Å². The second-order valence-electron chi connectivity index (χ2n) is 7.14. The summed E-state index contributed by atoms with van der Waals surface area (Å²) in [5, 5.41) is 0. The molecule has 132 valence electrons. The third-order valence-electron chi connectivity index (χ3n) is 3.88. The third kappa shape index (κ3) is 16.6. The number of ether oxygens (including phenoxy) is 1. The summed E-state index contributed by atoms with van der Waals surface area (Å²) in [6.07, 6.45) is 10.5. The summed E-state index contributed by atoms with van der Waals surface area (Å²) in [5.41, 5.74) is 0. The Kier molecular flexibility index (Phi) is 14.9. The topological polar surface area (TPSA) is 12.5 Å². The van der Waals surface area contributed by atoms with Crippen LogP contribution in [0.5, 0.6) is 0 Å². The van der Waals surface area contributed by atoms with Crippen molar-refractivity contribution in [1.82, 2.24) is 4.90 Å². The molecular weight excluding hydrogens is 310 g/mol. The maximum atomic E-state index is 5.42. The first kappa shape index (κ1) is 22.2. The van der Waals surface area contributed by atoms with E-state index in [1.807, 2.05) is 0 Å². The normalized spacial score (nSPS) is 11.6. The van der Waals surface area contributed by atoms with E-state index in [0.717, 1.165) is 24.9 Å². The van der Waals surface area contributed by atoms with Gasteiger partial charge in [0.1, 0.15) is 6.73 Å². The summed E-state index contributed by atoms with van der Waals surface area (Å²) >= 11 is 8.94. The minimum absolute atomic E-state index is 0.351. The standard InChI is InChI=1S/C18H37NOS2/c1-16(2)11-7-5-9-13-19(15-20-18(21)22)14-10-6-8-12-17(3)4/h16-17H,5-15H2,1-4H3,(H,21,22). The maximum Gasteiger partial charge on any atom is 0.218 e. The van der Waals surface area contributed by atoms with Gasteiger partial charge in [0.05, 0.1) is 0 Å². The molecule has 0 heterocycles. The van der Waals surface area contributed by atoms with Gasteiger partial charge < -0.3 is 4.74 Å². The van der Waals surface area contributed by atoms with Crippen molar-refractivity contribution in [1.29, 1.82) is 0 Å². The van der Waals surface area contributed by atoms with Crippen LogP contribution in [0.1, 0.15) is 79.1 Å². The van der Waals surface area contributed by atoms with Gasteiger partial charge in [-0.1, -0.05) is 78.8 Å². The minimum Gasteiger partial charge on any atom is -0.463 e. The molecular formula is C18H37NOS2. The highest BCUT2D eigenvalue weighted by molar-refractivity contribution is 8.10. The number of hydrogen-bond acceptors (Lipinski definition) is 3. The molecule has 0 N–H and O–H groups in total. The summed E-state index contributed by atoms with van der Waals surface area (Å²) < 4.78 is 5.77. The molecule has 0 fully saturated rings. The Hall–Kier alpha value is 0.200. The SMILES string of the molecule is CC(C)CCCCCN(CCCCCC(C)C)COC(=S)S. The molecule has 0 aliphatic carbocycles. The van der Waals surface area contributed by atoms with Crippen molar-refractivity contribution < 1.29 is 4.74 Å². The molecule has 0 atom stereocenters. The number of thiol groups is 1. The molecule has 0 saturated carbocycles. The molecule has 0 unspecified atom stereocenters. The summed E-state index contributed by atoms with van der Waals surface area (Å²) in [7, 11) is 0. The van der Waals surface area contributed by atoms with Gasteiger partial charge >= 0.3 is 0 Å².